The van der Waals surface area contributed by atoms with E-state index in [4.69, 9.17) is 9.47 Å². The lowest BCUT2D eigenvalue weighted by Crippen LogP contribution is -2.25. The first-order chi connectivity index (χ1) is 11.0. The maximum absolute atomic E-state index is 12.3. The number of carbonyl (C=O) groups is 1. The predicted octanol–water partition coefficient (Wildman–Crippen LogP) is 4.34. The van der Waals surface area contributed by atoms with Crippen LogP contribution in [0.25, 0.3) is 0 Å². The average molecular weight is 333 g/mol. The third kappa shape index (κ3) is 4.48. The molecular weight excluding hydrogens is 310 g/mol. The number of hydrogen-bond acceptors (Lipinski definition) is 4. The van der Waals surface area contributed by atoms with E-state index in [2.05, 4.69) is 5.32 Å². The maximum atomic E-state index is 12.3. The molecule has 2 aromatic rings. The molecule has 5 heteroatoms. The smallest absolute Gasteiger partial charge is 0.261 e. The molecule has 0 saturated carbocycles. The van der Waals surface area contributed by atoms with Gasteiger partial charge in [0, 0.05) is 4.88 Å². The van der Waals surface area contributed by atoms with Crippen LogP contribution in [-0.2, 0) is 0 Å². The second-order valence-electron chi connectivity index (χ2n) is 5.18. The van der Waals surface area contributed by atoms with Gasteiger partial charge in [-0.3, -0.25) is 4.79 Å². The molecule has 1 heterocycles. The zero-order valence-electron chi connectivity index (χ0n) is 14.0. The summed E-state index contributed by atoms with van der Waals surface area (Å²) in [4.78, 5) is 14.1. The Balaban J connectivity index is 2.13. The van der Waals surface area contributed by atoms with Crippen LogP contribution in [0.3, 0.4) is 0 Å². The Kier molecular flexibility index (Phi) is 6.04. The van der Waals surface area contributed by atoms with Crippen molar-refractivity contribution in [3.05, 3.63) is 45.6 Å². The van der Waals surface area contributed by atoms with E-state index < -0.39 is 0 Å². The molecule has 4 nitrogen and oxygen atoms in total. The number of thiophene rings is 1. The Morgan fingerprint density at radius 3 is 2.43 bits per heavy atom. The summed E-state index contributed by atoms with van der Waals surface area (Å²) in [5, 5.41) is 3.02. The molecule has 1 amide bonds. The third-order valence-electron chi connectivity index (χ3n) is 3.38. The summed E-state index contributed by atoms with van der Waals surface area (Å²) in [7, 11) is 0. The molecule has 1 aromatic heterocycles. The van der Waals surface area contributed by atoms with Crippen molar-refractivity contribution in [3.63, 3.8) is 0 Å². The number of amides is 1. The van der Waals surface area contributed by atoms with Crippen molar-refractivity contribution >= 4 is 17.2 Å². The van der Waals surface area contributed by atoms with Gasteiger partial charge >= 0.3 is 0 Å². The Bertz CT molecular complexity index is 666. The number of hydrogen-bond donors (Lipinski definition) is 1. The minimum Gasteiger partial charge on any atom is -0.490 e. The highest BCUT2D eigenvalue weighted by Gasteiger charge is 2.15. The van der Waals surface area contributed by atoms with Crippen LogP contribution in [0.15, 0.2) is 30.3 Å². The monoisotopic (exact) mass is 333 g/mol. The van der Waals surface area contributed by atoms with Gasteiger partial charge in [-0.05, 0) is 57.5 Å². The standard InChI is InChI=1S/C18H23NO3S/c1-5-21-15-9-8-14(11-16(15)22-6-2)13(4)19-18(20)17-10-7-12(3)23-17/h7-11,13H,5-6H2,1-4H3,(H,19,20). The van der Waals surface area contributed by atoms with Crippen LogP contribution in [0.2, 0.25) is 0 Å². The van der Waals surface area contributed by atoms with E-state index in [1.807, 2.05) is 58.0 Å². The molecule has 0 aliphatic rings. The highest BCUT2D eigenvalue weighted by atomic mass is 32.1. The van der Waals surface area contributed by atoms with E-state index >= 15 is 0 Å². The number of benzene rings is 1. The van der Waals surface area contributed by atoms with Crippen LogP contribution in [0.5, 0.6) is 11.5 Å². The highest BCUT2D eigenvalue weighted by molar-refractivity contribution is 7.13. The number of nitrogens with one attached hydrogen (secondary N) is 1. The van der Waals surface area contributed by atoms with Crippen molar-refractivity contribution in [2.45, 2.75) is 33.7 Å². The van der Waals surface area contributed by atoms with Crippen LogP contribution >= 0.6 is 11.3 Å². The van der Waals surface area contributed by atoms with Gasteiger partial charge in [-0.2, -0.15) is 0 Å². The van der Waals surface area contributed by atoms with E-state index in [-0.39, 0.29) is 11.9 Å². The van der Waals surface area contributed by atoms with E-state index in [1.54, 1.807) is 0 Å². The molecular formula is C18H23NO3S. The number of carbonyl (C=O) groups excluding carboxylic acids is 1. The molecule has 1 N–H and O–H groups in total. The van der Waals surface area contributed by atoms with Gasteiger partial charge in [-0.15, -0.1) is 11.3 Å². The molecule has 0 aliphatic carbocycles. The first kappa shape index (κ1) is 17.3. The lowest BCUT2D eigenvalue weighted by molar-refractivity contribution is 0.0944. The quantitative estimate of drug-likeness (QED) is 0.819. The van der Waals surface area contributed by atoms with Crippen LogP contribution < -0.4 is 14.8 Å². The van der Waals surface area contributed by atoms with Gasteiger partial charge < -0.3 is 14.8 Å². The zero-order chi connectivity index (χ0) is 16.8. The number of ether oxygens (including phenoxy) is 2. The molecule has 0 spiro atoms. The zero-order valence-corrected chi connectivity index (χ0v) is 14.8. The molecule has 1 aromatic carbocycles. The molecule has 0 fully saturated rings. The Morgan fingerprint density at radius 2 is 1.83 bits per heavy atom. The summed E-state index contributed by atoms with van der Waals surface area (Å²) in [5.74, 6) is 1.38. The first-order valence-corrected chi connectivity index (χ1v) is 8.63. The predicted molar refractivity (Wildman–Crippen MR) is 93.7 cm³/mol. The minimum absolute atomic E-state index is 0.0533. The van der Waals surface area contributed by atoms with Crippen molar-refractivity contribution in [2.24, 2.45) is 0 Å². The third-order valence-corrected chi connectivity index (χ3v) is 4.38. The summed E-state index contributed by atoms with van der Waals surface area (Å²) in [6.07, 6.45) is 0. The normalized spacial score (nSPS) is 11.8. The van der Waals surface area contributed by atoms with Crippen LogP contribution in [0.4, 0.5) is 0 Å². The Hall–Kier alpha value is -2.01. The fourth-order valence-electron chi connectivity index (χ4n) is 2.24. The molecule has 1 atom stereocenters. The number of aryl methyl sites for hydroxylation is 1. The molecule has 0 bridgehead atoms. The second-order valence-corrected chi connectivity index (χ2v) is 6.47. The summed E-state index contributed by atoms with van der Waals surface area (Å²) in [6, 6.07) is 9.47. The van der Waals surface area contributed by atoms with Crippen molar-refractivity contribution in [1.82, 2.24) is 5.32 Å². The van der Waals surface area contributed by atoms with E-state index in [9.17, 15) is 4.79 Å². The topological polar surface area (TPSA) is 47.6 Å². The van der Waals surface area contributed by atoms with Crippen molar-refractivity contribution in [1.29, 1.82) is 0 Å². The fourth-order valence-corrected chi connectivity index (χ4v) is 3.02. The molecule has 124 valence electrons. The summed E-state index contributed by atoms with van der Waals surface area (Å²) < 4.78 is 11.2. The van der Waals surface area contributed by atoms with Crippen LogP contribution in [-0.4, -0.2) is 19.1 Å². The summed E-state index contributed by atoms with van der Waals surface area (Å²) in [5.41, 5.74) is 0.985. The summed E-state index contributed by atoms with van der Waals surface area (Å²) >= 11 is 1.50. The van der Waals surface area contributed by atoms with Gasteiger partial charge in [0.15, 0.2) is 11.5 Å². The lowest BCUT2D eigenvalue weighted by Gasteiger charge is -2.17. The van der Waals surface area contributed by atoms with Crippen molar-refractivity contribution in [2.75, 3.05) is 13.2 Å². The van der Waals surface area contributed by atoms with E-state index in [0.29, 0.717) is 19.0 Å². The van der Waals surface area contributed by atoms with Gasteiger partial charge in [0.05, 0.1) is 24.1 Å². The largest absolute Gasteiger partial charge is 0.490 e. The van der Waals surface area contributed by atoms with Gasteiger partial charge in [0.25, 0.3) is 5.91 Å². The molecule has 0 radical (unpaired) electrons. The molecule has 0 aliphatic heterocycles. The lowest BCUT2D eigenvalue weighted by atomic mass is 10.1. The summed E-state index contributed by atoms with van der Waals surface area (Å²) in [6.45, 7) is 8.99. The van der Waals surface area contributed by atoms with Gasteiger partial charge in [0.1, 0.15) is 0 Å². The van der Waals surface area contributed by atoms with Crippen LogP contribution in [0, 0.1) is 6.92 Å². The average Bonchev–Trinajstić information content (AvgIpc) is 2.96. The molecule has 23 heavy (non-hydrogen) atoms. The second kappa shape index (κ2) is 8.02. The first-order valence-electron chi connectivity index (χ1n) is 7.82. The Morgan fingerprint density at radius 1 is 1.13 bits per heavy atom. The molecule has 2 rings (SSSR count). The van der Waals surface area contributed by atoms with Crippen molar-refractivity contribution in [3.8, 4) is 11.5 Å². The van der Waals surface area contributed by atoms with Crippen LogP contribution in [0.1, 0.15) is 46.9 Å². The SMILES string of the molecule is CCOc1ccc(C(C)NC(=O)c2ccc(C)s2)cc1OCC. The fraction of sp³-hybridized carbons (Fsp3) is 0.389. The van der Waals surface area contributed by atoms with E-state index in [1.165, 1.54) is 11.3 Å². The van der Waals surface area contributed by atoms with Gasteiger partial charge in [0.2, 0.25) is 0 Å². The van der Waals surface area contributed by atoms with Gasteiger partial charge in [-0.1, -0.05) is 6.07 Å². The van der Waals surface area contributed by atoms with E-state index in [0.717, 1.165) is 21.1 Å². The Labute approximate surface area is 141 Å². The maximum Gasteiger partial charge on any atom is 0.261 e. The highest BCUT2D eigenvalue weighted by Crippen LogP contribution is 2.31. The number of rotatable bonds is 7. The molecule has 1 unspecified atom stereocenters. The minimum atomic E-state index is -0.111. The molecule has 0 saturated heterocycles. The van der Waals surface area contributed by atoms with Gasteiger partial charge in [-0.25, -0.2) is 0 Å². The van der Waals surface area contributed by atoms with Crippen molar-refractivity contribution < 1.29 is 14.3 Å².